The highest BCUT2D eigenvalue weighted by atomic mass is 16.2. The zero-order valence-corrected chi connectivity index (χ0v) is 15.5. The summed E-state index contributed by atoms with van der Waals surface area (Å²) in [7, 11) is 0. The van der Waals surface area contributed by atoms with Gasteiger partial charge in [-0.2, -0.15) is 0 Å². The zero-order chi connectivity index (χ0) is 17.7. The molecular formula is C19H31N3O2. The third-order valence-corrected chi connectivity index (χ3v) is 4.94. The summed E-state index contributed by atoms with van der Waals surface area (Å²) in [6.07, 6.45) is 3.77. The van der Waals surface area contributed by atoms with Crippen LogP contribution in [0.3, 0.4) is 0 Å². The van der Waals surface area contributed by atoms with Gasteiger partial charge in [0.1, 0.15) is 5.69 Å². The van der Waals surface area contributed by atoms with Gasteiger partial charge < -0.3 is 15.2 Å². The van der Waals surface area contributed by atoms with Crippen molar-refractivity contribution in [2.75, 3.05) is 26.2 Å². The maximum absolute atomic E-state index is 13.0. The van der Waals surface area contributed by atoms with E-state index < -0.39 is 0 Å². The van der Waals surface area contributed by atoms with Crippen molar-refractivity contribution in [3.8, 4) is 0 Å². The van der Waals surface area contributed by atoms with Gasteiger partial charge in [-0.3, -0.25) is 9.59 Å². The minimum atomic E-state index is 0.0376. The number of aromatic amines is 1. The van der Waals surface area contributed by atoms with Gasteiger partial charge >= 0.3 is 0 Å². The van der Waals surface area contributed by atoms with E-state index in [9.17, 15) is 9.59 Å². The molecule has 1 aromatic heterocycles. The Labute approximate surface area is 145 Å². The van der Waals surface area contributed by atoms with Gasteiger partial charge in [0.05, 0.1) is 0 Å². The van der Waals surface area contributed by atoms with E-state index in [0.717, 1.165) is 63.1 Å². The van der Waals surface area contributed by atoms with Crippen LogP contribution in [0.4, 0.5) is 0 Å². The minimum absolute atomic E-state index is 0.0376. The van der Waals surface area contributed by atoms with Crippen LogP contribution < -0.4 is 5.32 Å². The van der Waals surface area contributed by atoms with Crippen molar-refractivity contribution in [3.63, 3.8) is 0 Å². The van der Waals surface area contributed by atoms with Gasteiger partial charge in [-0.15, -0.1) is 0 Å². The van der Waals surface area contributed by atoms with Crippen molar-refractivity contribution in [3.05, 3.63) is 22.5 Å². The molecule has 0 atom stereocenters. The highest BCUT2D eigenvalue weighted by molar-refractivity contribution is 6.02. The van der Waals surface area contributed by atoms with Gasteiger partial charge in [-0.05, 0) is 57.7 Å². The highest BCUT2D eigenvalue weighted by Gasteiger charge is 2.28. The number of aryl methyl sites for hydroxylation is 1. The predicted molar refractivity (Wildman–Crippen MR) is 96.7 cm³/mol. The van der Waals surface area contributed by atoms with Gasteiger partial charge in [-0.1, -0.05) is 20.3 Å². The van der Waals surface area contributed by atoms with E-state index in [1.807, 2.05) is 11.8 Å². The number of Topliss-reactive ketones (excluding diaryl/α,β-unsaturated/α-hetero) is 1. The van der Waals surface area contributed by atoms with Crippen LogP contribution in [0.15, 0.2) is 0 Å². The Kier molecular flexibility index (Phi) is 6.60. The van der Waals surface area contributed by atoms with Crippen LogP contribution in [0.5, 0.6) is 0 Å². The summed E-state index contributed by atoms with van der Waals surface area (Å²) in [6.45, 7) is 11.3. The average Bonchev–Trinajstić information content (AvgIpc) is 2.89. The summed E-state index contributed by atoms with van der Waals surface area (Å²) >= 11 is 0. The third kappa shape index (κ3) is 4.07. The van der Waals surface area contributed by atoms with Gasteiger partial charge in [0.2, 0.25) is 0 Å². The second-order valence-corrected chi connectivity index (χ2v) is 6.83. The first-order valence-corrected chi connectivity index (χ1v) is 9.21. The molecule has 134 valence electrons. The Morgan fingerprint density at radius 1 is 1.25 bits per heavy atom. The van der Waals surface area contributed by atoms with E-state index in [1.54, 1.807) is 6.92 Å². The Bertz CT molecular complexity index is 584. The van der Waals surface area contributed by atoms with Crippen LogP contribution in [0.2, 0.25) is 0 Å². The minimum Gasteiger partial charge on any atom is -0.354 e. The number of carbonyl (C=O) groups excluding carboxylic acids is 2. The van der Waals surface area contributed by atoms with E-state index in [2.05, 4.69) is 24.1 Å². The molecular weight excluding hydrogens is 302 g/mol. The van der Waals surface area contributed by atoms with Crippen molar-refractivity contribution in [1.29, 1.82) is 0 Å². The van der Waals surface area contributed by atoms with Gasteiger partial charge in [0.15, 0.2) is 5.78 Å². The molecule has 0 spiro atoms. The number of hydrogen-bond acceptors (Lipinski definition) is 3. The van der Waals surface area contributed by atoms with Crippen LogP contribution in [-0.2, 0) is 6.42 Å². The van der Waals surface area contributed by atoms with Gasteiger partial charge in [0, 0.05) is 24.3 Å². The van der Waals surface area contributed by atoms with E-state index in [1.165, 1.54) is 0 Å². The fraction of sp³-hybridized carbons (Fsp3) is 0.684. The lowest BCUT2D eigenvalue weighted by molar-refractivity contribution is 0.0683. The lowest BCUT2D eigenvalue weighted by Gasteiger charge is -2.32. The van der Waals surface area contributed by atoms with E-state index >= 15 is 0 Å². The van der Waals surface area contributed by atoms with Crippen LogP contribution in [0.25, 0.3) is 0 Å². The SMILES string of the molecule is CCCc1c(C(=O)N2CCC(CNCC)CC2)[nH]c(C)c1C(C)=O. The van der Waals surface area contributed by atoms with Gasteiger partial charge in [0.25, 0.3) is 5.91 Å². The first-order valence-electron chi connectivity index (χ1n) is 9.21. The van der Waals surface area contributed by atoms with Crippen LogP contribution >= 0.6 is 0 Å². The number of aromatic nitrogens is 1. The molecule has 5 nitrogen and oxygen atoms in total. The highest BCUT2D eigenvalue weighted by Crippen LogP contribution is 2.25. The first kappa shape index (κ1) is 18.7. The van der Waals surface area contributed by atoms with E-state index in [-0.39, 0.29) is 11.7 Å². The summed E-state index contributed by atoms with van der Waals surface area (Å²) in [4.78, 5) is 30.1. The summed E-state index contributed by atoms with van der Waals surface area (Å²) in [6, 6.07) is 0. The maximum atomic E-state index is 13.0. The Morgan fingerprint density at radius 3 is 2.46 bits per heavy atom. The summed E-state index contributed by atoms with van der Waals surface area (Å²) in [5, 5.41) is 3.40. The van der Waals surface area contributed by atoms with Crippen LogP contribution in [0, 0.1) is 12.8 Å². The molecule has 0 saturated carbocycles. The molecule has 1 saturated heterocycles. The molecule has 1 fully saturated rings. The lowest BCUT2D eigenvalue weighted by Crippen LogP contribution is -2.41. The van der Waals surface area contributed by atoms with Crippen molar-refractivity contribution in [1.82, 2.24) is 15.2 Å². The number of nitrogens with zero attached hydrogens (tertiary/aromatic N) is 1. The number of piperidine rings is 1. The summed E-state index contributed by atoms with van der Waals surface area (Å²) < 4.78 is 0. The topological polar surface area (TPSA) is 65.2 Å². The molecule has 0 aliphatic carbocycles. The van der Waals surface area contributed by atoms with Crippen molar-refractivity contribution in [2.24, 2.45) is 5.92 Å². The number of H-pyrrole nitrogens is 1. The molecule has 2 heterocycles. The smallest absolute Gasteiger partial charge is 0.270 e. The number of rotatable bonds is 7. The number of nitrogens with one attached hydrogen (secondary N) is 2. The van der Waals surface area contributed by atoms with Crippen molar-refractivity contribution in [2.45, 2.75) is 53.4 Å². The molecule has 2 rings (SSSR count). The van der Waals surface area contributed by atoms with Gasteiger partial charge in [-0.25, -0.2) is 0 Å². The normalized spacial score (nSPS) is 15.8. The van der Waals surface area contributed by atoms with Crippen molar-refractivity contribution >= 4 is 11.7 Å². The van der Waals surface area contributed by atoms with Crippen LogP contribution in [0.1, 0.15) is 72.1 Å². The number of carbonyl (C=O) groups is 2. The van der Waals surface area contributed by atoms with Crippen LogP contribution in [-0.4, -0.2) is 47.8 Å². The maximum Gasteiger partial charge on any atom is 0.270 e. The molecule has 1 amide bonds. The molecule has 0 unspecified atom stereocenters. The Morgan fingerprint density at radius 2 is 1.92 bits per heavy atom. The number of hydrogen-bond donors (Lipinski definition) is 2. The molecule has 24 heavy (non-hydrogen) atoms. The van der Waals surface area contributed by atoms with E-state index in [0.29, 0.717) is 17.2 Å². The molecule has 5 heteroatoms. The zero-order valence-electron chi connectivity index (χ0n) is 15.5. The molecule has 1 aromatic rings. The standard InChI is InChI=1S/C19H31N3O2/c1-5-7-16-17(14(4)23)13(3)21-18(16)19(24)22-10-8-15(9-11-22)12-20-6-2/h15,20-21H,5-12H2,1-4H3. The average molecular weight is 333 g/mol. The quantitative estimate of drug-likeness (QED) is 0.754. The third-order valence-electron chi connectivity index (χ3n) is 4.94. The predicted octanol–water partition coefficient (Wildman–Crippen LogP) is 2.94. The number of likely N-dealkylation sites (tertiary alicyclic amines) is 1. The monoisotopic (exact) mass is 333 g/mol. The number of ketones is 1. The fourth-order valence-corrected chi connectivity index (χ4v) is 3.68. The molecule has 2 N–H and O–H groups in total. The first-order chi connectivity index (χ1) is 11.5. The Balaban J connectivity index is 2.13. The van der Waals surface area contributed by atoms with E-state index in [4.69, 9.17) is 0 Å². The lowest BCUT2D eigenvalue weighted by atomic mass is 9.95. The second-order valence-electron chi connectivity index (χ2n) is 6.83. The summed E-state index contributed by atoms with van der Waals surface area (Å²) in [5.74, 6) is 0.744. The molecule has 0 bridgehead atoms. The fourth-order valence-electron chi connectivity index (χ4n) is 3.68. The molecule has 1 aliphatic heterocycles. The summed E-state index contributed by atoms with van der Waals surface area (Å²) in [5.41, 5.74) is 3.06. The molecule has 0 radical (unpaired) electrons. The molecule has 0 aromatic carbocycles. The Hall–Kier alpha value is -1.62. The van der Waals surface area contributed by atoms with Crippen molar-refractivity contribution < 1.29 is 9.59 Å². The second kappa shape index (κ2) is 8.47. The molecule has 1 aliphatic rings. The largest absolute Gasteiger partial charge is 0.354 e. The number of amides is 1.